The van der Waals surface area contributed by atoms with Crippen LogP contribution in [0, 0.1) is 5.92 Å². The molecule has 1 heterocycles. The number of carbonyl (C=O) groups excluding carboxylic acids is 2. The van der Waals surface area contributed by atoms with Crippen LogP contribution < -0.4 is 5.32 Å². The Labute approximate surface area is 154 Å². The lowest BCUT2D eigenvalue weighted by molar-refractivity contribution is -0.131. The van der Waals surface area contributed by atoms with Gasteiger partial charge in [0.05, 0.1) is 11.3 Å². The van der Waals surface area contributed by atoms with E-state index < -0.39 is 6.04 Å². The van der Waals surface area contributed by atoms with Crippen LogP contribution in [-0.4, -0.2) is 29.8 Å². The molecule has 4 nitrogen and oxygen atoms in total. The number of allylic oxidation sites excluding steroid dienone is 6. The molecule has 0 spiro atoms. The average Bonchev–Trinajstić information content (AvgIpc) is 2.62. The second kappa shape index (κ2) is 6.81. The van der Waals surface area contributed by atoms with Crippen LogP contribution in [0.15, 0.2) is 44.2 Å². The van der Waals surface area contributed by atoms with Gasteiger partial charge in [0, 0.05) is 15.7 Å². The van der Waals surface area contributed by atoms with Crippen molar-refractivity contribution in [3.8, 4) is 0 Å². The second-order valence-electron chi connectivity index (χ2n) is 6.01. The highest BCUT2D eigenvalue weighted by atomic mass is 127. The third-order valence-corrected chi connectivity index (χ3v) is 5.61. The molecule has 3 rings (SSSR count). The van der Waals surface area contributed by atoms with Crippen LogP contribution in [0.5, 0.6) is 0 Å². The van der Waals surface area contributed by atoms with Crippen molar-refractivity contribution < 1.29 is 9.59 Å². The number of likely N-dealkylation sites (N-methyl/N-ethyl adjacent to an activating group) is 1. The first-order valence-electron chi connectivity index (χ1n) is 7.69. The number of amides is 2. The maximum absolute atomic E-state index is 12.8. The summed E-state index contributed by atoms with van der Waals surface area (Å²) in [6.45, 7) is 0. The Balaban J connectivity index is 1.84. The van der Waals surface area contributed by atoms with E-state index in [1.807, 2.05) is 6.08 Å². The standard InChI is InChI=1S/C17H18ClIN2O2/c1-21-14-4-2-3-12(18)15(14)16(22)20-13(17(21)23)9-10-5-7-11(19)8-6-10/h4-5,7-8,10,13H,2-3,6,9H2,1H3,(H,20,22)/t10?,13-/m1/s1. The molecule has 1 N–H and O–H groups in total. The van der Waals surface area contributed by atoms with Crippen molar-refractivity contribution in [2.24, 2.45) is 5.92 Å². The van der Waals surface area contributed by atoms with Gasteiger partial charge in [0.2, 0.25) is 5.91 Å². The van der Waals surface area contributed by atoms with E-state index in [-0.39, 0.29) is 17.7 Å². The van der Waals surface area contributed by atoms with E-state index in [9.17, 15) is 9.59 Å². The maximum Gasteiger partial charge on any atom is 0.255 e. The molecule has 0 bridgehead atoms. The first-order chi connectivity index (χ1) is 11.0. The van der Waals surface area contributed by atoms with Crippen molar-refractivity contribution in [2.75, 3.05) is 7.05 Å². The van der Waals surface area contributed by atoms with Crippen LogP contribution >= 0.6 is 34.2 Å². The van der Waals surface area contributed by atoms with Gasteiger partial charge in [0.25, 0.3) is 5.91 Å². The average molecular weight is 445 g/mol. The zero-order chi connectivity index (χ0) is 16.6. The quantitative estimate of drug-likeness (QED) is 0.664. The summed E-state index contributed by atoms with van der Waals surface area (Å²) in [5.74, 6) is -0.0631. The fraction of sp³-hybridized carbons (Fsp3) is 0.412. The SMILES string of the molecule is CN1C(=O)[C@@H](CC2C=CC(I)=CC2)NC(=O)C2=C(Cl)CCC=C21. The number of hydrogen-bond acceptors (Lipinski definition) is 2. The minimum absolute atomic E-state index is 0.0800. The minimum Gasteiger partial charge on any atom is -0.340 e. The molecule has 2 aliphatic carbocycles. The number of hydrogen-bond donors (Lipinski definition) is 1. The maximum atomic E-state index is 12.8. The van der Waals surface area contributed by atoms with E-state index in [2.05, 4.69) is 46.1 Å². The molecule has 0 aromatic carbocycles. The third-order valence-electron chi connectivity index (χ3n) is 4.43. The predicted octanol–water partition coefficient (Wildman–Crippen LogP) is 3.40. The van der Waals surface area contributed by atoms with E-state index in [0.29, 0.717) is 29.1 Å². The predicted molar refractivity (Wildman–Crippen MR) is 98.9 cm³/mol. The van der Waals surface area contributed by atoms with Gasteiger partial charge in [-0.2, -0.15) is 0 Å². The van der Waals surface area contributed by atoms with Crippen molar-refractivity contribution in [2.45, 2.75) is 31.7 Å². The fourth-order valence-corrected chi connectivity index (χ4v) is 3.92. The summed E-state index contributed by atoms with van der Waals surface area (Å²) in [7, 11) is 1.72. The molecule has 0 aromatic rings. The highest BCUT2D eigenvalue weighted by Gasteiger charge is 2.36. The first kappa shape index (κ1) is 16.8. The molecule has 0 aromatic heterocycles. The Hall–Kier alpha value is -1.08. The highest BCUT2D eigenvalue weighted by molar-refractivity contribution is 14.1. The number of halogens is 2. The van der Waals surface area contributed by atoms with Crippen molar-refractivity contribution in [1.82, 2.24) is 10.2 Å². The molecule has 1 saturated heterocycles. The van der Waals surface area contributed by atoms with Crippen LogP contribution in [0.1, 0.15) is 25.7 Å². The molecule has 3 aliphatic rings. The largest absolute Gasteiger partial charge is 0.340 e. The van der Waals surface area contributed by atoms with E-state index in [1.54, 1.807) is 11.9 Å². The van der Waals surface area contributed by atoms with Crippen LogP contribution in [0.3, 0.4) is 0 Å². The molecule has 2 atom stereocenters. The number of nitrogens with zero attached hydrogens (tertiary/aromatic N) is 1. The van der Waals surface area contributed by atoms with Crippen LogP contribution in [0.2, 0.25) is 0 Å². The lowest BCUT2D eigenvalue weighted by atomic mass is 9.93. The molecular formula is C17H18ClIN2O2. The van der Waals surface area contributed by atoms with Crippen LogP contribution in [0.25, 0.3) is 0 Å². The Morgan fingerprint density at radius 2 is 2.17 bits per heavy atom. The summed E-state index contributed by atoms with van der Waals surface area (Å²) in [4.78, 5) is 26.9. The van der Waals surface area contributed by atoms with E-state index in [1.165, 1.54) is 3.58 Å². The van der Waals surface area contributed by atoms with Crippen LogP contribution in [0.4, 0.5) is 0 Å². The minimum atomic E-state index is -0.519. The number of nitrogens with one attached hydrogen (secondary N) is 1. The second-order valence-corrected chi connectivity index (χ2v) is 7.71. The Bertz CT molecular complexity index is 678. The Morgan fingerprint density at radius 1 is 1.39 bits per heavy atom. The van der Waals surface area contributed by atoms with Gasteiger partial charge in [-0.15, -0.1) is 0 Å². The lowest BCUT2D eigenvalue weighted by Crippen LogP contribution is -2.44. The molecule has 1 unspecified atom stereocenters. The molecule has 122 valence electrons. The van der Waals surface area contributed by atoms with Gasteiger partial charge in [-0.1, -0.05) is 35.9 Å². The first-order valence-corrected chi connectivity index (χ1v) is 9.14. The monoisotopic (exact) mass is 444 g/mol. The molecule has 6 heteroatoms. The molecule has 23 heavy (non-hydrogen) atoms. The van der Waals surface area contributed by atoms with Crippen molar-refractivity contribution in [1.29, 1.82) is 0 Å². The fourth-order valence-electron chi connectivity index (χ4n) is 3.17. The van der Waals surface area contributed by atoms with Gasteiger partial charge < -0.3 is 10.2 Å². The van der Waals surface area contributed by atoms with Gasteiger partial charge in [-0.3, -0.25) is 9.59 Å². The van der Waals surface area contributed by atoms with E-state index >= 15 is 0 Å². The van der Waals surface area contributed by atoms with Crippen LogP contribution in [-0.2, 0) is 9.59 Å². The Morgan fingerprint density at radius 3 is 2.87 bits per heavy atom. The Kier molecular flexibility index (Phi) is 4.96. The topological polar surface area (TPSA) is 49.4 Å². The highest BCUT2D eigenvalue weighted by Crippen LogP contribution is 2.33. The number of fused-ring (bicyclic) bond motifs is 1. The zero-order valence-electron chi connectivity index (χ0n) is 12.8. The summed E-state index contributed by atoms with van der Waals surface area (Å²) in [6, 6.07) is -0.519. The van der Waals surface area contributed by atoms with Gasteiger partial charge in [-0.05, 0) is 54.2 Å². The number of carbonyl (C=O) groups is 2. The molecule has 0 radical (unpaired) electrons. The molecule has 1 aliphatic heterocycles. The smallest absolute Gasteiger partial charge is 0.255 e. The van der Waals surface area contributed by atoms with Gasteiger partial charge in [0.1, 0.15) is 6.04 Å². The summed E-state index contributed by atoms with van der Waals surface area (Å²) in [5, 5.41) is 3.41. The zero-order valence-corrected chi connectivity index (χ0v) is 15.7. The van der Waals surface area contributed by atoms with Crippen molar-refractivity contribution in [3.63, 3.8) is 0 Å². The van der Waals surface area contributed by atoms with E-state index in [4.69, 9.17) is 11.6 Å². The summed E-state index contributed by atoms with van der Waals surface area (Å²) in [6.07, 6.45) is 11.1. The summed E-state index contributed by atoms with van der Waals surface area (Å²) >= 11 is 8.53. The van der Waals surface area contributed by atoms with Gasteiger partial charge in [0.15, 0.2) is 0 Å². The van der Waals surface area contributed by atoms with Crippen molar-refractivity contribution >= 4 is 46.0 Å². The lowest BCUT2D eigenvalue weighted by Gasteiger charge is -2.25. The van der Waals surface area contributed by atoms with Gasteiger partial charge >= 0.3 is 0 Å². The molecule has 2 amide bonds. The number of rotatable bonds is 2. The molecular weight excluding hydrogens is 427 g/mol. The summed E-state index contributed by atoms with van der Waals surface area (Å²) in [5.41, 5.74) is 1.09. The van der Waals surface area contributed by atoms with Gasteiger partial charge in [-0.25, -0.2) is 0 Å². The third kappa shape index (κ3) is 3.40. The van der Waals surface area contributed by atoms with E-state index in [0.717, 1.165) is 12.8 Å². The molecule has 0 saturated carbocycles. The normalized spacial score (nSPS) is 28.0. The molecule has 1 fully saturated rings. The summed E-state index contributed by atoms with van der Waals surface area (Å²) < 4.78 is 1.21. The van der Waals surface area contributed by atoms with Crippen molar-refractivity contribution in [3.05, 3.63) is 44.2 Å².